The maximum atomic E-state index is 13.2. The molecule has 0 radical (unpaired) electrons. The summed E-state index contributed by atoms with van der Waals surface area (Å²) in [5, 5.41) is 14.7. The van der Waals surface area contributed by atoms with Gasteiger partial charge in [-0.15, -0.1) is 0 Å². The summed E-state index contributed by atoms with van der Waals surface area (Å²) < 4.78 is 10.7. The number of nitro groups is 1. The number of halogens is 1. The van der Waals surface area contributed by atoms with Crippen LogP contribution in [0.4, 0.5) is 5.69 Å². The molecule has 1 aliphatic rings. The molecule has 1 fully saturated rings. The molecule has 35 heavy (non-hydrogen) atoms. The molecule has 1 atom stereocenters. The summed E-state index contributed by atoms with van der Waals surface area (Å²) in [7, 11) is 1.31. The largest absolute Gasteiger partial charge is 0.490 e. The molecule has 0 heterocycles. The van der Waals surface area contributed by atoms with Gasteiger partial charge >= 0.3 is 5.69 Å². The summed E-state index contributed by atoms with van der Waals surface area (Å²) in [5.41, 5.74) is 0.497. The summed E-state index contributed by atoms with van der Waals surface area (Å²) in [5.74, 6) is -0.395. The minimum atomic E-state index is -0.754. The second-order valence-electron chi connectivity index (χ2n) is 8.51. The molecule has 0 aromatic heterocycles. The zero-order valence-corrected chi connectivity index (χ0v) is 20.6. The molecule has 188 valence electrons. The lowest BCUT2D eigenvalue weighted by Gasteiger charge is -2.31. The number of nitrogens with one attached hydrogen (secondary N) is 1. The number of hydrogen-bond donors (Lipinski definition) is 1. The minimum absolute atomic E-state index is 0.0214. The molecule has 2 amide bonds. The molecule has 0 aliphatic heterocycles. The average molecular weight is 504 g/mol. The van der Waals surface area contributed by atoms with Crippen LogP contribution in [0.15, 0.2) is 42.5 Å². The Kier molecular flexibility index (Phi) is 9.31. The van der Waals surface area contributed by atoms with Gasteiger partial charge in [0.05, 0.1) is 12.0 Å². The molecular weight excluding hydrogens is 474 g/mol. The van der Waals surface area contributed by atoms with Crippen LogP contribution in [-0.2, 0) is 16.1 Å². The predicted molar refractivity (Wildman–Crippen MR) is 132 cm³/mol. The van der Waals surface area contributed by atoms with Gasteiger partial charge in [0, 0.05) is 29.7 Å². The van der Waals surface area contributed by atoms with E-state index in [0.29, 0.717) is 10.6 Å². The number of rotatable bonds is 10. The topological polar surface area (TPSA) is 111 Å². The standard InChI is InChI=1S/C25H30ClN3O6/c1-17(25(31)27-19-9-4-3-5-10-19)28(15-18-8-6-7-11-21(18)26)24(30)16-35-20-12-13-22(29(32)33)23(14-20)34-2/h6-8,11-14,17,19H,3-5,9-10,15-16H2,1-2H3,(H,27,31)/t17-/m1/s1. The Bertz CT molecular complexity index is 1060. The molecular formula is C25H30ClN3O6. The van der Waals surface area contributed by atoms with Crippen LogP contribution in [-0.4, -0.2) is 47.4 Å². The van der Waals surface area contributed by atoms with E-state index in [4.69, 9.17) is 21.1 Å². The summed E-state index contributed by atoms with van der Waals surface area (Å²) in [6.07, 6.45) is 5.19. The molecule has 0 spiro atoms. The quantitative estimate of drug-likeness (QED) is 0.377. The lowest BCUT2D eigenvalue weighted by molar-refractivity contribution is -0.385. The molecule has 0 saturated heterocycles. The molecule has 10 heteroatoms. The number of carbonyl (C=O) groups is 2. The summed E-state index contributed by atoms with van der Waals surface area (Å²) in [4.78, 5) is 38.2. The van der Waals surface area contributed by atoms with Crippen LogP contribution in [0.5, 0.6) is 11.5 Å². The van der Waals surface area contributed by atoms with Gasteiger partial charge < -0.3 is 19.7 Å². The first-order chi connectivity index (χ1) is 16.8. The van der Waals surface area contributed by atoms with Gasteiger partial charge in [-0.05, 0) is 37.5 Å². The molecule has 1 N–H and O–H groups in total. The van der Waals surface area contributed by atoms with E-state index < -0.39 is 16.9 Å². The predicted octanol–water partition coefficient (Wildman–Crippen LogP) is 4.50. The van der Waals surface area contributed by atoms with Crippen molar-refractivity contribution in [3.05, 3.63) is 63.2 Å². The van der Waals surface area contributed by atoms with Gasteiger partial charge in [0.25, 0.3) is 5.91 Å². The van der Waals surface area contributed by atoms with Crippen molar-refractivity contribution in [1.29, 1.82) is 0 Å². The summed E-state index contributed by atoms with van der Waals surface area (Å²) >= 11 is 6.32. The van der Waals surface area contributed by atoms with Crippen LogP contribution >= 0.6 is 11.6 Å². The summed E-state index contributed by atoms with van der Waals surface area (Å²) in [6.45, 7) is 1.44. The maximum absolute atomic E-state index is 13.2. The highest BCUT2D eigenvalue weighted by Crippen LogP contribution is 2.31. The van der Waals surface area contributed by atoms with Gasteiger partial charge in [-0.1, -0.05) is 49.1 Å². The monoisotopic (exact) mass is 503 g/mol. The van der Waals surface area contributed by atoms with E-state index >= 15 is 0 Å². The molecule has 1 saturated carbocycles. The first-order valence-electron chi connectivity index (χ1n) is 11.6. The van der Waals surface area contributed by atoms with E-state index in [-0.39, 0.29) is 42.3 Å². The third-order valence-corrected chi connectivity index (χ3v) is 6.50. The number of hydrogen-bond acceptors (Lipinski definition) is 6. The lowest BCUT2D eigenvalue weighted by Crippen LogP contribution is -2.51. The first-order valence-corrected chi connectivity index (χ1v) is 12.0. The van der Waals surface area contributed by atoms with Crippen LogP contribution < -0.4 is 14.8 Å². The Morgan fingerprint density at radius 1 is 1.20 bits per heavy atom. The molecule has 0 bridgehead atoms. The van der Waals surface area contributed by atoms with Gasteiger partial charge in [0.15, 0.2) is 6.61 Å². The Morgan fingerprint density at radius 3 is 2.57 bits per heavy atom. The molecule has 2 aromatic rings. The van der Waals surface area contributed by atoms with E-state index in [1.807, 2.05) is 6.07 Å². The van der Waals surface area contributed by atoms with E-state index in [1.54, 1.807) is 25.1 Å². The van der Waals surface area contributed by atoms with Gasteiger partial charge in [-0.25, -0.2) is 0 Å². The van der Waals surface area contributed by atoms with Crippen molar-refractivity contribution in [3.63, 3.8) is 0 Å². The normalized spacial score (nSPS) is 14.6. The third-order valence-electron chi connectivity index (χ3n) is 6.13. The number of ether oxygens (including phenoxy) is 2. The van der Waals surface area contributed by atoms with Crippen molar-refractivity contribution < 1.29 is 24.0 Å². The van der Waals surface area contributed by atoms with Crippen molar-refractivity contribution in [1.82, 2.24) is 10.2 Å². The van der Waals surface area contributed by atoms with Gasteiger partial charge in [-0.3, -0.25) is 19.7 Å². The molecule has 3 rings (SSSR count). The molecule has 0 unspecified atom stereocenters. The minimum Gasteiger partial charge on any atom is -0.490 e. The highest BCUT2D eigenvalue weighted by atomic mass is 35.5. The number of methoxy groups -OCH3 is 1. The number of nitro benzene ring substituents is 1. The second kappa shape index (κ2) is 12.4. The lowest BCUT2D eigenvalue weighted by atomic mass is 9.95. The van der Waals surface area contributed by atoms with Gasteiger partial charge in [-0.2, -0.15) is 0 Å². The molecule has 9 nitrogen and oxygen atoms in total. The van der Waals surface area contributed by atoms with Gasteiger partial charge in [0.1, 0.15) is 11.8 Å². The van der Waals surface area contributed by atoms with Crippen molar-refractivity contribution in [2.24, 2.45) is 0 Å². The van der Waals surface area contributed by atoms with Crippen molar-refractivity contribution in [3.8, 4) is 11.5 Å². The van der Waals surface area contributed by atoms with Crippen molar-refractivity contribution in [2.75, 3.05) is 13.7 Å². The van der Waals surface area contributed by atoms with Crippen LogP contribution in [0, 0.1) is 10.1 Å². The number of amides is 2. The smallest absolute Gasteiger partial charge is 0.311 e. The Labute approximate surface area is 209 Å². The van der Waals surface area contributed by atoms with Crippen molar-refractivity contribution in [2.45, 2.75) is 57.7 Å². The number of carbonyl (C=O) groups excluding carboxylic acids is 2. The van der Waals surface area contributed by atoms with E-state index in [2.05, 4.69) is 5.32 Å². The Hall–Kier alpha value is -3.33. The zero-order valence-electron chi connectivity index (χ0n) is 19.9. The average Bonchev–Trinajstić information content (AvgIpc) is 2.86. The number of benzene rings is 2. The maximum Gasteiger partial charge on any atom is 0.311 e. The van der Waals surface area contributed by atoms with Crippen molar-refractivity contribution >= 4 is 29.1 Å². The second-order valence-corrected chi connectivity index (χ2v) is 8.92. The number of nitrogens with zero attached hydrogens (tertiary/aromatic N) is 2. The van der Waals surface area contributed by atoms with Gasteiger partial charge in [0.2, 0.25) is 11.7 Å². The van der Waals surface area contributed by atoms with Crippen LogP contribution in [0.2, 0.25) is 5.02 Å². The SMILES string of the molecule is COc1cc(OCC(=O)N(Cc2ccccc2Cl)[C@H](C)C(=O)NC2CCCCC2)ccc1[N+](=O)[O-]. The highest BCUT2D eigenvalue weighted by Gasteiger charge is 2.29. The first kappa shape index (κ1) is 26.3. The Morgan fingerprint density at radius 2 is 1.91 bits per heavy atom. The summed E-state index contributed by atoms with van der Waals surface area (Å²) in [6, 6.07) is 10.5. The Balaban J connectivity index is 1.74. The third kappa shape index (κ3) is 7.08. The van der Waals surface area contributed by atoms with E-state index in [0.717, 1.165) is 25.7 Å². The van der Waals surface area contributed by atoms with Crippen LogP contribution in [0.3, 0.4) is 0 Å². The fourth-order valence-corrected chi connectivity index (χ4v) is 4.28. The van der Waals surface area contributed by atoms with E-state index in [1.165, 1.54) is 36.6 Å². The fourth-order valence-electron chi connectivity index (χ4n) is 4.09. The van der Waals surface area contributed by atoms with Crippen LogP contribution in [0.25, 0.3) is 0 Å². The fraction of sp³-hybridized carbons (Fsp3) is 0.440. The highest BCUT2D eigenvalue weighted by molar-refractivity contribution is 6.31. The molecule has 2 aromatic carbocycles. The van der Waals surface area contributed by atoms with E-state index in [9.17, 15) is 19.7 Å². The van der Waals surface area contributed by atoms with Crippen LogP contribution in [0.1, 0.15) is 44.6 Å². The zero-order chi connectivity index (χ0) is 25.4. The molecule has 1 aliphatic carbocycles.